The Bertz CT molecular complexity index is 998. The minimum atomic E-state index is -0.290. The fraction of sp³-hybridized carbons (Fsp3) is 0.273. The Hall–Kier alpha value is -3.28. The van der Waals surface area contributed by atoms with E-state index in [1.54, 1.807) is 0 Å². The predicted octanol–water partition coefficient (Wildman–Crippen LogP) is 3.72. The lowest BCUT2D eigenvalue weighted by Gasteiger charge is -2.13. The van der Waals surface area contributed by atoms with Crippen molar-refractivity contribution >= 4 is 17.2 Å². The quantitative estimate of drug-likeness (QED) is 0.860. The number of rotatable bonds is 5. The number of nitrogens with one attached hydrogen (secondary N) is 1. The fourth-order valence-electron chi connectivity index (χ4n) is 3.27. The van der Waals surface area contributed by atoms with Crippen molar-refractivity contribution in [2.75, 3.05) is 19.0 Å². The number of hydrogen-bond acceptors (Lipinski definition) is 5. The van der Waals surface area contributed by atoms with Gasteiger partial charge in [-0.25, -0.2) is 4.98 Å². The summed E-state index contributed by atoms with van der Waals surface area (Å²) in [5.74, 6) is 1.14. The van der Waals surface area contributed by atoms with Crippen LogP contribution in [0.2, 0.25) is 0 Å². The van der Waals surface area contributed by atoms with Crippen molar-refractivity contribution in [1.29, 1.82) is 0 Å². The van der Waals surface area contributed by atoms with Gasteiger partial charge in [-0.2, -0.15) is 0 Å². The first-order valence-electron chi connectivity index (χ1n) is 9.39. The lowest BCUT2D eigenvalue weighted by Crippen LogP contribution is -2.22. The Kier molecular flexibility index (Phi) is 4.77. The van der Waals surface area contributed by atoms with E-state index in [-0.39, 0.29) is 17.7 Å². The molecule has 0 saturated carbocycles. The monoisotopic (exact) mass is 377 g/mol. The molecule has 1 aliphatic heterocycles. The molecule has 0 spiro atoms. The van der Waals surface area contributed by atoms with E-state index in [0.717, 1.165) is 29.0 Å². The first-order chi connectivity index (χ1) is 13.5. The average molecular weight is 377 g/mol. The second-order valence-electron chi connectivity index (χ2n) is 7.05. The zero-order valence-electron chi connectivity index (χ0n) is 16.2. The highest BCUT2D eigenvalue weighted by molar-refractivity contribution is 5.94. The standard InChI is InChI=1S/C22H23N3O3/c1-4-6-21-24-18(13-27-21)22(26)23-14-7-5-8-19-16(11-14)17-12-15(25(2)3)9-10-20(17)28-19/h5,7-13,19H,4,6H2,1-3H3,(H,23,26). The zero-order valence-corrected chi connectivity index (χ0v) is 16.2. The molecular weight excluding hydrogens is 354 g/mol. The molecule has 6 nitrogen and oxygen atoms in total. The van der Waals surface area contributed by atoms with Crippen LogP contribution in [0.25, 0.3) is 5.57 Å². The molecule has 2 heterocycles. The predicted molar refractivity (Wildman–Crippen MR) is 108 cm³/mol. The maximum Gasteiger partial charge on any atom is 0.277 e. The molecule has 1 amide bonds. The third kappa shape index (κ3) is 3.45. The third-order valence-corrected chi connectivity index (χ3v) is 4.73. The van der Waals surface area contributed by atoms with Crippen LogP contribution in [0, 0.1) is 0 Å². The molecule has 1 N–H and O–H groups in total. The van der Waals surface area contributed by atoms with Crippen LogP contribution in [0.3, 0.4) is 0 Å². The van der Waals surface area contributed by atoms with Gasteiger partial charge in [0.1, 0.15) is 18.1 Å². The number of carbonyl (C=O) groups excluding carboxylic acids is 1. The SMILES string of the molecule is CCCc1nc(C(=O)NC2=CC=CC3Oc4ccc(N(C)C)cc4C3=C2)co1. The highest BCUT2D eigenvalue weighted by atomic mass is 16.5. The third-order valence-electron chi connectivity index (χ3n) is 4.73. The number of aromatic nitrogens is 1. The molecule has 1 aromatic carbocycles. The summed E-state index contributed by atoms with van der Waals surface area (Å²) < 4.78 is 11.4. The average Bonchev–Trinajstić information content (AvgIpc) is 3.21. The minimum Gasteiger partial charge on any atom is -0.481 e. The molecule has 2 aromatic rings. The van der Waals surface area contributed by atoms with Gasteiger partial charge in [0.2, 0.25) is 0 Å². The number of carbonyl (C=O) groups is 1. The molecule has 0 bridgehead atoms. The lowest BCUT2D eigenvalue weighted by molar-refractivity contribution is 0.0962. The summed E-state index contributed by atoms with van der Waals surface area (Å²) >= 11 is 0. The van der Waals surface area contributed by atoms with E-state index in [1.165, 1.54) is 6.26 Å². The van der Waals surface area contributed by atoms with Crippen molar-refractivity contribution in [3.63, 3.8) is 0 Å². The van der Waals surface area contributed by atoms with Gasteiger partial charge in [0.05, 0.1) is 0 Å². The highest BCUT2D eigenvalue weighted by Crippen LogP contribution is 2.41. The van der Waals surface area contributed by atoms with Crippen LogP contribution in [0.5, 0.6) is 5.75 Å². The lowest BCUT2D eigenvalue weighted by atomic mass is 10.0. The van der Waals surface area contributed by atoms with Crippen LogP contribution in [-0.4, -0.2) is 31.1 Å². The van der Waals surface area contributed by atoms with Crippen molar-refractivity contribution in [2.24, 2.45) is 0 Å². The molecule has 1 aliphatic carbocycles. The van der Waals surface area contributed by atoms with Gasteiger partial charge in [0, 0.05) is 43.0 Å². The summed E-state index contributed by atoms with van der Waals surface area (Å²) in [6.45, 7) is 2.04. The van der Waals surface area contributed by atoms with Gasteiger partial charge < -0.3 is 19.4 Å². The second-order valence-corrected chi connectivity index (χ2v) is 7.05. The van der Waals surface area contributed by atoms with Gasteiger partial charge in [-0.3, -0.25) is 4.79 Å². The number of fused-ring (bicyclic) bond motifs is 3. The Labute approximate surface area is 164 Å². The van der Waals surface area contributed by atoms with Gasteiger partial charge in [-0.05, 0) is 42.8 Å². The highest BCUT2D eigenvalue weighted by Gasteiger charge is 2.28. The molecule has 0 saturated heterocycles. The minimum absolute atomic E-state index is 0.165. The van der Waals surface area contributed by atoms with Gasteiger partial charge in [0.15, 0.2) is 11.6 Å². The largest absolute Gasteiger partial charge is 0.481 e. The number of benzene rings is 1. The van der Waals surface area contributed by atoms with Crippen molar-refractivity contribution in [3.8, 4) is 5.75 Å². The topological polar surface area (TPSA) is 67.6 Å². The summed E-state index contributed by atoms with van der Waals surface area (Å²) in [5.41, 5.74) is 4.12. The van der Waals surface area contributed by atoms with Crippen LogP contribution in [0.15, 0.2) is 58.9 Å². The van der Waals surface area contributed by atoms with Gasteiger partial charge in [-0.1, -0.05) is 13.0 Å². The van der Waals surface area contributed by atoms with E-state index in [9.17, 15) is 4.79 Å². The summed E-state index contributed by atoms with van der Waals surface area (Å²) in [6, 6.07) is 6.13. The van der Waals surface area contributed by atoms with E-state index in [2.05, 4.69) is 21.3 Å². The number of ether oxygens (including phenoxy) is 1. The molecule has 6 heteroatoms. The second kappa shape index (κ2) is 7.38. The summed E-state index contributed by atoms with van der Waals surface area (Å²) in [4.78, 5) is 18.9. The van der Waals surface area contributed by atoms with Gasteiger partial charge >= 0.3 is 0 Å². The maximum absolute atomic E-state index is 12.6. The van der Waals surface area contributed by atoms with Gasteiger partial charge in [-0.15, -0.1) is 0 Å². The fourth-order valence-corrected chi connectivity index (χ4v) is 3.27. The number of amides is 1. The molecule has 1 atom stereocenters. The zero-order chi connectivity index (χ0) is 19.7. The van der Waals surface area contributed by atoms with Crippen molar-refractivity contribution in [2.45, 2.75) is 25.9 Å². The van der Waals surface area contributed by atoms with Crippen molar-refractivity contribution in [3.05, 3.63) is 71.6 Å². The number of nitrogens with zero attached hydrogens (tertiary/aromatic N) is 2. The van der Waals surface area contributed by atoms with Crippen LogP contribution < -0.4 is 15.0 Å². The number of hydrogen-bond donors (Lipinski definition) is 1. The molecule has 0 radical (unpaired) electrons. The van der Waals surface area contributed by atoms with Crippen molar-refractivity contribution in [1.82, 2.24) is 10.3 Å². The maximum atomic E-state index is 12.6. The Morgan fingerprint density at radius 2 is 2.18 bits per heavy atom. The normalized spacial score (nSPS) is 17.0. The van der Waals surface area contributed by atoms with E-state index in [1.807, 2.05) is 57.5 Å². The van der Waals surface area contributed by atoms with E-state index < -0.39 is 0 Å². The number of allylic oxidation sites excluding steroid dienone is 3. The Balaban J connectivity index is 1.59. The first kappa shape index (κ1) is 18.1. The number of oxazole rings is 1. The van der Waals surface area contributed by atoms with Crippen molar-refractivity contribution < 1.29 is 13.9 Å². The van der Waals surface area contributed by atoms with Crippen LogP contribution in [0.1, 0.15) is 35.3 Å². The molecule has 28 heavy (non-hydrogen) atoms. The van der Waals surface area contributed by atoms with E-state index in [0.29, 0.717) is 18.0 Å². The molecular formula is C22H23N3O3. The number of aryl methyl sites for hydroxylation is 1. The number of anilines is 1. The van der Waals surface area contributed by atoms with E-state index >= 15 is 0 Å². The first-order valence-corrected chi connectivity index (χ1v) is 9.39. The van der Waals surface area contributed by atoms with Crippen LogP contribution >= 0.6 is 0 Å². The van der Waals surface area contributed by atoms with Crippen LogP contribution in [0.4, 0.5) is 5.69 Å². The summed E-state index contributed by atoms with van der Waals surface area (Å²) in [5, 5.41) is 2.92. The van der Waals surface area contributed by atoms with Gasteiger partial charge in [0.25, 0.3) is 5.91 Å². The Morgan fingerprint density at radius 3 is 2.96 bits per heavy atom. The van der Waals surface area contributed by atoms with E-state index in [4.69, 9.17) is 9.15 Å². The molecule has 0 fully saturated rings. The molecule has 144 valence electrons. The molecule has 1 unspecified atom stereocenters. The molecule has 4 rings (SSSR count). The molecule has 1 aromatic heterocycles. The van der Waals surface area contributed by atoms with Crippen LogP contribution in [-0.2, 0) is 6.42 Å². The summed E-state index contributed by atoms with van der Waals surface area (Å²) in [6.07, 6.45) is 10.6. The smallest absolute Gasteiger partial charge is 0.277 e. The Morgan fingerprint density at radius 1 is 1.32 bits per heavy atom. The summed E-state index contributed by atoms with van der Waals surface area (Å²) in [7, 11) is 4.01. The molecule has 2 aliphatic rings.